The predicted molar refractivity (Wildman–Crippen MR) is 59.7 cm³/mol. The molecular formula is C12H12ClNO. The average Bonchev–Trinajstić information content (AvgIpc) is 2.18. The molecule has 0 N–H and O–H groups in total. The molecule has 0 spiro atoms. The van der Waals surface area contributed by atoms with E-state index in [2.05, 4.69) is 0 Å². The first-order chi connectivity index (χ1) is 7.06. The van der Waals surface area contributed by atoms with Crippen LogP contribution in [0, 0.1) is 17.2 Å². The van der Waals surface area contributed by atoms with Crippen LogP contribution in [0.2, 0.25) is 5.02 Å². The number of ketones is 1. The number of nitriles is 1. The third-order valence-electron chi connectivity index (χ3n) is 2.16. The Kier molecular flexibility index (Phi) is 3.88. The second-order valence-corrected chi connectivity index (χ2v) is 4.11. The number of rotatable bonds is 3. The van der Waals surface area contributed by atoms with Crippen molar-refractivity contribution in [3.63, 3.8) is 0 Å². The molecule has 0 saturated heterocycles. The summed E-state index contributed by atoms with van der Waals surface area (Å²) in [6.07, 6.45) is 0. The van der Waals surface area contributed by atoms with Crippen molar-refractivity contribution in [2.75, 3.05) is 0 Å². The molecule has 0 aromatic heterocycles. The van der Waals surface area contributed by atoms with Crippen LogP contribution in [-0.4, -0.2) is 5.78 Å². The molecule has 78 valence electrons. The molecule has 1 aromatic rings. The van der Waals surface area contributed by atoms with E-state index in [0.29, 0.717) is 10.6 Å². The smallest absolute Gasteiger partial charge is 0.156 e. The Morgan fingerprint density at radius 2 is 2.13 bits per heavy atom. The number of carbonyl (C=O) groups excluding carboxylic acids is 1. The van der Waals surface area contributed by atoms with Gasteiger partial charge in [0.15, 0.2) is 5.78 Å². The summed E-state index contributed by atoms with van der Waals surface area (Å²) in [7, 11) is 0. The lowest BCUT2D eigenvalue weighted by molar-refractivity contribution is -0.122. The van der Waals surface area contributed by atoms with Gasteiger partial charge in [0.2, 0.25) is 0 Å². The van der Waals surface area contributed by atoms with Gasteiger partial charge in [-0.15, -0.1) is 0 Å². The van der Waals surface area contributed by atoms with Gasteiger partial charge >= 0.3 is 0 Å². The zero-order valence-corrected chi connectivity index (χ0v) is 9.45. The van der Waals surface area contributed by atoms with Gasteiger partial charge in [-0.25, -0.2) is 0 Å². The highest BCUT2D eigenvalue weighted by Gasteiger charge is 2.22. The Hall–Kier alpha value is -1.33. The third kappa shape index (κ3) is 2.81. The molecule has 15 heavy (non-hydrogen) atoms. The maximum atomic E-state index is 11.7. The van der Waals surface area contributed by atoms with E-state index >= 15 is 0 Å². The minimum absolute atomic E-state index is 0.0697. The molecule has 0 aliphatic rings. The highest BCUT2D eigenvalue weighted by Crippen LogP contribution is 2.22. The van der Waals surface area contributed by atoms with Gasteiger partial charge in [0.1, 0.15) is 5.92 Å². The van der Waals surface area contributed by atoms with Crippen molar-refractivity contribution in [1.29, 1.82) is 5.26 Å². The summed E-state index contributed by atoms with van der Waals surface area (Å²) < 4.78 is 0. The maximum absolute atomic E-state index is 11.7. The van der Waals surface area contributed by atoms with Crippen LogP contribution >= 0.6 is 11.6 Å². The van der Waals surface area contributed by atoms with Gasteiger partial charge < -0.3 is 0 Å². The van der Waals surface area contributed by atoms with E-state index in [9.17, 15) is 4.79 Å². The number of benzene rings is 1. The lowest BCUT2D eigenvalue weighted by Gasteiger charge is -2.10. The minimum Gasteiger partial charge on any atom is -0.298 e. The van der Waals surface area contributed by atoms with Crippen molar-refractivity contribution in [2.45, 2.75) is 19.8 Å². The molecule has 0 amide bonds. The minimum atomic E-state index is -0.705. The monoisotopic (exact) mass is 221 g/mol. The lowest BCUT2D eigenvalue weighted by atomic mass is 9.90. The van der Waals surface area contributed by atoms with Crippen molar-refractivity contribution >= 4 is 17.4 Å². The standard InChI is InChI=1S/C12H12ClNO/c1-8(2)12(15)11(7-14)9-4-3-5-10(13)6-9/h3-6,8,11H,1-2H3. The molecule has 2 nitrogen and oxygen atoms in total. The summed E-state index contributed by atoms with van der Waals surface area (Å²) in [5.74, 6) is -0.919. The van der Waals surface area contributed by atoms with Crippen molar-refractivity contribution in [3.8, 4) is 6.07 Å². The zero-order chi connectivity index (χ0) is 11.4. The van der Waals surface area contributed by atoms with E-state index in [4.69, 9.17) is 16.9 Å². The molecule has 1 unspecified atom stereocenters. The highest BCUT2D eigenvalue weighted by molar-refractivity contribution is 6.30. The fourth-order valence-electron chi connectivity index (χ4n) is 1.32. The fourth-order valence-corrected chi connectivity index (χ4v) is 1.52. The van der Waals surface area contributed by atoms with E-state index in [-0.39, 0.29) is 11.7 Å². The SMILES string of the molecule is CC(C)C(=O)C(C#N)c1cccc(Cl)c1. The molecule has 1 rings (SSSR count). The van der Waals surface area contributed by atoms with Crippen molar-refractivity contribution < 1.29 is 4.79 Å². The molecule has 0 heterocycles. The summed E-state index contributed by atoms with van der Waals surface area (Å²) in [4.78, 5) is 11.7. The number of Topliss-reactive ketones (excluding diaryl/α,β-unsaturated/α-hetero) is 1. The van der Waals surface area contributed by atoms with Crippen LogP contribution in [0.4, 0.5) is 0 Å². The van der Waals surface area contributed by atoms with E-state index in [0.717, 1.165) is 0 Å². The quantitative estimate of drug-likeness (QED) is 0.787. The molecule has 1 aromatic carbocycles. The summed E-state index contributed by atoms with van der Waals surface area (Å²) in [5, 5.41) is 9.52. The summed E-state index contributed by atoms with van der Waals surface area (Å²) in [6.45, 7) is 3.58. The summed E-state index contributed by atoms with van der Waals surface area (Å²) >= 11 is 5.81. The second kappa shape index (κ2) is 4.95. The zero-order valence-electron chi connectivity index (χ0n) is 8.70. The largest absolute Gasteiger partial charge is 0.298 e. The van der Waals surface area contributed by atoms with E-state index < -0.39 is 5.92 Å². The molecule has 0 fully saturated rings. The van der Waals surface area contributed by atoms with Gasteiger partial charge in [0.25, 0.3) is 0 Å². The number of carbonyl (C=O) groups is 1. The molecule has 0 saturated carbocycles. The van der Waals surface area contributed by atoms with Crippen LogP contribution in [0.25, 0.3) is 0 Å². The van der Waals surface area contributed by atoms with Gasteiger partial charge in [0, 0.05) is 10.9 Å². The van der Waals surface area contributed by atoms with Gasteiger partial charge in [-0.2, -0.15) is 5.26 Å². The van der Waals surface area contributed by atoms with Crippen LogP contribution in [0.3, 0.4) is 0 Å². The first-order valence-corrected chi connectivity index (χ1v) is 5.13. The van der Waals surface area contributed by atoms with Gasteiger partial charge in [0.05, 0.1) is 6.07 Å². The number of halogens is 1. The van der Waals surface area contributed by atoms with Crippen LogP contribution in [0.15, 0.2) is 24.3 Å². The highest BCUT2D eigenvalue weighted by atomic mass is 35.5. The topological polar surface area (TPSA) is 40.9 Å². The fraction of sp³-hybridized carbons (Fsp3) is 0.333. The Bertz CT molecular complexity index is 406. The summed E-state index contributed by atoms with van der Waals surface area (Å²) in [6, 6.07) is 8.90. The number of hydrogen-bond acceptors (Lipinski definition) is 2. The Balaban J connectivity index is 3.04. The average molecular weight is 222 g/mol. The van der Waals surface area contributed by atoms with Gasteiger partial charge in [-0.05, 0) is 17.7 Å². The Morgan fingerprint density at radius 3 is 2.60 bits per heavy atom. The third-order valence-corrected chi connectivity index (χ3v) is 2.40. The van der Waals surface area contributed by atoms with Crippen molar-refractivity contribution in [3.05, 3.63) is 34.9 Å². The van der Waals surface area contributed by atoms with E-state index in [1.54, 1.807) is 38.1 Å². The van der Waals surface area contributed by atoms with Crippen molar-refractivity contribution in [2.24, 2.45) is 5.92 Å². The lowest BCUT2D eigenvalue weighted by Crippen LogP contribution is -2.16. The molecule has 0 bridgehead atoms. The molecule has 0 aliphatic heterocycles. The van der Waals surface area contributed by atoms with Crippen LogP contribution in [-0.2, 0) is 4.79 Å². The first-order valence-electron chi connectivity index (χ1n) is 4.75. The molecule has 0 radical (unpaired) electrons. The number of hydrogen-bond donors (Lipinski definition) is 0. The van der Waals surface area contributed by atoms with E-state index in [1.165, 1.54) is 0 Å². The molecule has 3 heteroatoms. The van der Waals surface area contributed by atoms with Gasteiger partial charge in [-0.3, -0.25) is 4.79 Å². The maximum Gasteiger partial charge on any atom is 0.156 e. The molecule has 0 aliphatic carbocycles. The van der Waals surface area contributed by atoms with Crippen LogP contribution in [0.1, 0.15) is 25.3 Å². The van der Waals surface area contributed by atoms with Gasteiger partial charge in [-0.1, -0.05) is 37.6 Å². The van der Waals surface area contributed by atoms with Crippen LogP contribution < -0.4 is 0 Å². The molecular weight excluding hydrogens is 210 g/mol. The van der Waals surface area contributed by atoms with Crippen LogP contribution in [0.5, 0.6) is 0 Å². The summed E-state index contributed by atoms with van der Waals surface area (Å²) in [5.41, 5.74) is 0.670. The van der Waals surface area contributed by atoms with E-state index in [1.807, 2.05) is 6.07 Å². The first kappa shape index (κ1) is 11.7. The molecule has 1 atom stereocenters. The van der Waals surface area contributed by atoms with Crippen molar-refractivity contribution in [1.82, 2.24) is 0 Å². The second-order valence-electron chi connectivity index (χ2n) is 3.67. The number of nitrogens with zero attached hydrogens (tertiary/aromatic N) is 1. The Labute approximate surface area is 94.5 Å². The Morgan fingerprint density at radius 1 is 1.47 bits per heavy atom. The normalized spacial score (nSPS) is 12.2. The predicted octanol–water partition coefficient (Wildman–Crippen LogP) is 3.17.